The smallest absolute Gasteiger partial charge is 0.268 e. The quantitative estimate of drug-likeness (QED) is 0.533. The maximum atomic E-state index is 11.4. The van der Waals surface area contributed by atoms with Crippen LogP contribution in [0.25, 0.3) is 0 Å². The van der Waals surface area contributed by atoms with Crippen LogP contribution in [0.3, 0.4) is 0 Å². The maximum Gasteiger partial charge on any atom is 0.315 e. The molecule has 0 heterocycles. The molecule has 0 N–H and O–H groups in total. The first kappa shape index (κ1) is 9.63. The van der Waals surface area contributed by atoms with E-state index in [4.69, 9.17) is 0 Å². The minimum atomic E-state index is 0.194. The van der Waals surface area contributed by atoms with Gasteiger partial charge < -0.3 is 0 Å². The van der Waals surface area contributed by atoms with Crippen molar-refractivity contribution in [3.05, 3.63) is 0 Å². The summed E-state index contributed by atoms with van der Waals surface area (Å²) >= 11 is 0. The Hall–Kier alpha value is -0.370. The van der Waals surface area contributed by atoms with Gasteiger partial charge in [-0.05, 0) is 13.3 Å². The Morgan fingerprint density at radius 1 is 1.40 bits per heavy atom. The van der Waals surface area contributed by atoms with Crippen molar-refractivity contribution in [3.63, 3.8) is 0 Å². The van der Waals surface area contributed by atoms with E-state index in [1.807, 2.05) is 35.0 Å². The Balaban J connectivity index is 4.09. The second-order valence-corrected chi connectivity index (χ2v) is 3.66. The molecule has 0 aliphatic carbocycles. The van der Waals surface area contributed by atoms with E-state index in [0.717, 1.165) is 6.42 Å². The van der Waals surface area contributed by atoms with E-state index in [1.54, 1.807) is 0 Å². The molecule has 0 aliphatic rings. The Bertz CT molecular complexity index is 124. The molecule has 2 nitrogen and oxygen atoms in total. The second kappa shape index (κ2) is 3.15. The van der Waals surface area contributed by atoms with Crippen LogP contribution in [-0.4, -0.2) is 31.5 Å². The normalized spacial score (nSPS) is 14.9. The number of amides is 1. The van der Waals surface area contributed by atoms with Crippen molar-refractivity contribution in [2.24, 2.45) is 5.92 Å². The van der Waals surface area contributed by atoms with Crippen molar-refractivity contribution in [1.29, 1.82) is 0 Å². The van der Waals surface area contributed by atoms with Crippen LogP contribution in [0.5, 0.6) is 0 Å². The van der Waals surface area contributed by atoms with Crippen LogP contribution in [0.4, 0.5) is 0 Å². The average molecular weight is 144 g/mol. The van der Waals surface area contributed by atoms with Crippen LogP contribution in [0.15, 0.2) is 0 Å². The lowest BCUT2D eigenvalue weighted by atomic mass is 10.1. The fraction of sp³-hybridized carbons (Fsp3) is 0.875. The summed E-state index contributed by atoms with van der Waals surface area (Å²) in [6.07, 6.45) is 0.939. The van der Waals surface area contributed by atoms with E-state index >= 15 is 0 Å². The summed E-state index contributed by atoms with van der Waals surface area (Å²) in [6.45, 7) is 4.02. The van der Waals surface area contributed by atoms with Gasteiger partial charge in [-0.15, -0.1) is 0 Å². The van der Waals surface area contributed by atoms with Gasteiger partial charge in [-0.3, -0.25) is 4.48 Å². The fourth-order valence-electron chi connectivity index (χ4n) is 0.836. The van der Waals surface area contributed by atoms with Gasteiger partial charge >= 0.3 is 5.91 Å². The average Bonchev–Trinajstić information content (AvgIpc) is 1.83. The molecule has 1 unspecified atom stereocenters. The maximum absolute atomic E-state index is 11.4. The number of hydrogen-bond donors (Lipinski definition) is 0. The molecule has 0 fully saturated rings. The lowest BCUT2D eigenvalue weighted by Crippen LogP contribution is -2.44. The molecule has 60 valence electrons. The van der Waals surface area contributed by atoms with Crippen LogP contribution in [0.2, 0.25) is 0 Å². The predicted octanol–water partition coefficient (Wildman–Crippen LogP) is 1.27. The Morgan fingerprint density at radius 2 is 1.80 bits per heavy atom. The van der Waals surface area contributed by atoms with Crippen molar-refractivity contribution in [2.45, 2.75) is 20.3 Å². The third-order valence-electron chi connectivity index (χ3n) is 1.70. The Kier molecular flexibility index (Phi) is 3.03. The first-order valence-corrected chi connectivity index (χ1v) is 3.75. The molecular weight excluding hydrogens is 126 g/mol. The molecule has 0 spiro atoms. The van der Waals surface area contributed by atoms with Crippen LogP contribution in [0, 0.1) is 5.92 Å². The second-order valence-electron chi connectivity index (χ2n) is 3.66. The molecule has 0 saturated carbocycles. The monoisotopic (exact) mass is 144 g/mol. The van der Waals surface area contributed by atoms with Crippen LogP contribution >= 0.6 is 0 Å². The number of rotatable bonds is 2. The molecule has 0 aromatic heterocycles. The van der Waals surface area contributed by atoms with E-state index in [-0.39, 0.29) is 5.92 Å². The lowest BCUT2D eigenvalue weighted by molar-refractivity contribution is -0.794. The number of carbonyl (C=O) groups excluding carboxylic acids is 1. The minimum Gasteiger partial charge on any atom is -0.268 e. The molecule has 10 heavy (non-hydrogen) atoms. The summed E-state index contributed by atoms with van der Waals surface area (Å²) in [5, 5.41) is 0. The first-order valence-electron chi connectivity index (χ1n) is 3.75. The number of hydrogen-bond acceptors (Lipinski definition) is 1. The highest BCUT2D eigenvalue weighted by Gasteiger charge is 2.25. The summed E-state index contributed by atoms with van der Waals surface area (Å²) < 4.78 is 0.439. The molecule has 1 amide bonds. The Labute approximate surface area is 63.4 Å². The number of carbonyl (C=O) groups is 1. The molecule has 0 aromatic rings. The largest absolute Gasteiger partial charge is 0.315 e. The summed E-state index contributed by atoms with van der Waals surface area (Å²) in [7, 11) is 5.73. The zero-order valence-corrected chi connectivity index (χ0v) is 7.64. The summed E-state index contributed by atoms with van der Waals surface area (Å²) in [6, 6.07) is 0. The van der Waals surface area contributed by atoms with Crippen LogP contribution in [-0.2, 0) is 4.79 Å². The summed E-state index contributed by atoms with van der Waals surface area (Å²) in [5.74, 6) is 0.502. The SMILES string of the molecule is CCC(C)C(=O)[N+](C)(C)C. The topological polar surface area (TPSA) is 17.1 Å². The van der Waals surface area contributed by atoms with Crippen LogP contribution in [0.1, 0.15) is 20.3 Å². The lowest BCUT2D eigenvalue weighted by Gasteiger charge is -2.23. The van der Waals surface area contributed by atoms with Crippen molar-refractivity contribution in [1.82, 2.24) is 0 Å². The zero-order valence-electron chi connectivity index (χ0n) is 7.64. The third-order valence-corrected chi connectivity index (χ3v) is 1.70. The van der Waals surface area contributed by atoms with Crippen LogP contribution < -0.4 is 0 Å². The van der Waals surface area contributed by atoms with E-state index in [1.165, 1.54) is 0 Å². The van der Waals surface area contributed by atoms with Gasteiger partial charge in [0.05, 0.1) is 27.1 Å². The predicted molar refractivity (Wildman–Crippen MR) is 42.5 cm³/mol. The van der Waals surface area contributed by atoms with Gasteiger partial charge in [-0.25, -0.2) is 4.79 Å². The highest BCUT2D eigenvalue weighted by Crippen LogP contribution is 2.07. The standard InChI is InChI=1S/C8H18NO/c1-6-7(2)8(10)9(3,4)5/h7H,6H2,1-5H3/q+1. The van der Waals surface area contributed by atoms with Gasteiger partial charge in [-0.1, -0.05) is 6.92 Å². The Morgan fingerprint density at radius 3 is 1.90 bits per heavy atom. The van der Waals surface area contributed by atoms with Gasteiger partial charge in [0.15, 0.2) is 0 Å². The van der Waals surface area contributed by atoms with Gasteiger partial charge in [0.2, 0.25) is 0 Å². The molecule has 2 heteroatoms. The molecule has 0 rings (SSSR count). The number of quaternary nitrogens is 1. The van der Waals surface area contributed by atoms with Crippen molar-refractivity contribution in [2.75, 3.05) is 21.1 Å². The van der Waals surface area contributed by atoms with Gasteiger partial charge in [0, 0.05) is 0 Å². The van der Waals surface area contributed by atoms with E-state index in [0.29, 0.717) is 10.4 Å². The molecule has 0 aliphatic heterocycles. The molecule has 0 aromatic carbocycles. The molecule has 1 atom stereocenters. The fourth-order valence-corrected chi connectivity index (χ4v) is 0.836. The van der Waals surface area contributed by atoms with Gasteiger partial charge in [-0.2, -0.15) is 0 Å². The highest BCUT2D eigenvalue weighted by atomic mass is 16.2. The van der Waals surface area contributed by atoms with Gasteiger partial charge in [0.25, 0.3) is 0 Å². The van der Waals surface area contributed by atoms with E-state index in [9.17, 15) is 4.79 Å². The van der Waals surface area contributed by atoms with Crippen molar-refractivity contribution >= 4 is 5.91 Å². The minimum absolute atomic E-state index is 0.194. The first-order chi connectivity index (χ1) is 4.39. The molecule has 0 saturated heterocycles. The highest BCUT2D eigenvalue weighted by molar-refractivity contribution is 5.71. The molecular formula is C8H18NO+. The van der Waals surface area contributed by atoms with Gasteiger partial charge in [0.1, 0.15) is 0 Å². The summed E-state index contributed by atoms with van der Waals surface area (Å²) in [4.78, 5) is 11.4. The van der Waals surface area contributed by atoms with Crippen molar-refractivity contribution < 1.29 is 9.28 Å². The number of nitrogens with zero attached hydrogens (tertiary/aromatic N) is 1. The van der Waals surface area contributed by atoms with E-state index in [2.05, 4.69) is 0 Å². The molecule has 0 bridgehead atoms. The molecule has 0 radical (unpaired) electrons. The van der Waals surface area contributed by atoms with Crippen molar-refractivity contribution in [3.8, 4) is 0 Å². The van der Waals surface area contributed by atoms with E-state index < -0.39 is 0 Å². The zero-order chi connectivity index (χ0) is 8.36. The third kappa shape index (κ3) is 2.48. The summed E-state index contributed by atoms with van der Waals surface area (Å²) in [5.41, 5.74) is 0.